The molecule has 6 heteroatoms. The first-order valence-corrected chi connectivity index (χ1v) is 9.11. The zero-order valence-corrected chi connectivity index (χ0v) is 15.2. The quantitative estimate of drug-likeness (QED) is 0.695. The molecule has 0 aliphatic carbocycles. The summed E-state index contributed by atoms with van der Waals surface area (Å²) in [6.07, 6.45) is 0.690. The van der Waals surface area contributed by atoms with Crippen LogP contribution in [-0.2, 0) is 11.2 Å². The van der Waals surface area contributed by atoms with Gasteiger partial charge in [0.25, 0.3) is 5.91 Å². The minimum atomic E-state index is -0.692. The van der Waals surface area contributed by atoms with E-state index in [1.807, 2.05) is 36.4 Å². The third-order valence-corrected chi connectivity index (χ3v) is 4.83. The molecule has 138 valence electrons. The van der Waals surface area contributed by atoms with Gasteiger partial charge in [0, 0.05) is 29.6 Å². The van der Waals surface area contributed by atoms with Gasteiger partial charge >= 0.3 is 0 Å². The molecule has 1 aliphatic rings. The SMILES string of the molecule is NC(=O)[C@@H]1CC(NC[C@H](O)CCc2ccccc2)c2cc(Cl)ccc2O1. The molecule has 5 nitrogen and oxygen atoms in total. The standard InChI is InChI=1S/C20H23ClN2O3/c21-14-7-9-18-16(10-14)17(11-19(26-18)20(22)25)23-12-15(24)8-6-13-4-2-1-3-5-13/h1-5,7,9-10,15,17,19,23-24H,6,8,11-12H2,(H2,22,25)/t15-,17?,19+/m1/s1. The largest absolute Gasteiger partial charge is 0.480 e. The smallest absolute Gasteiger partial charge is 0.258 e. The van der Waals surface area contributed by atoms with Crippen molar-refractivity contribution >= 4 is 17.5 Å². The van der Waals surface area contributed by atoms with Crippen LogP contribution in [0.4, 0.5) is 0 Å². The Labute approximate surface area is 158 Å². The van der Waals surface area contributed by atoms with Crippen LogP contribution in [0.25, 0.3) is 0 Å². The van der Waals surface area contributed by atoms with Gasteiger partial charge in [-0.2, -0.15) is 0 Å². The molecule has 3 atom stereocenters. The molecule has 0 saturated heterocycles. The molecule has 1 unspecified atom stereocenters. The number of carbonyl (C=O) groups is 1. The Hall–Kier alpha value is -2.08. The van der Waals surface area contributed by atoms with Crippen LogP contribution in [0.1, 0.15) is 30.0 Å². The highest BCUT2D eigenvalue weighted by Crippen LogP contribution is 2.36. The van der Waals surface area contributed by atoms with E-state index in [-0.39, 0.29) is 6.04 Å². The third-order valence-electron chi connectivity index (χ3n) is 4.59. The summed E-state index contributed by atoms with van der Waals surface area (Å²) in [7, 11) is 0. The summed E-state index contributed by atoms with van der Waals surface area (Å²) in [5.41, 5.74) is 7.49. The van der Waals surface area contributed by atoms with Crippen LogP contribution < -0.4 is 15.8 Å². The Balaban J connectivity index is 1.61. The third kappa shape index (κ3) is 4.75. The Morgan fingerprint density at radius 3 is 2.81 bits per heavy atom. The monoisotopic (exact) mass is 374 g/mol. The van der Waals surface area contributed by atoms with E-state index in [0.717, 1.165) is 12.0 Å². The fraction of sp³-hybridized carbons (Fsp3) is 0.350. The number of hydrogen-bond acceptors (Lipinski definition) is 4. The maximum atomic E-state index is 11.6. The zero-order chi connectivity index (χ0) is 18.5. The summed E-state index contributed by atoms with van der Waals surface area (Å²) in [6, 6.07) is 15.2. The van der Waals surface area contributed by atoms with Crippen LogP contribution in [0.2, 0.25) is 5.02 Å². The van der Waals surface area contributed by atoms with Gasteiger partial charge in [0.15, 0.2) is 6.10 Å². The highest BCUT2D eigenvalue weighted by Gasteiger charge is 2.31. The maximum Gasteiger partial charge on any atom is 0.258 e. The number of nitrogens with two attached hydrogens (primary N) is 1. The van der Waals surface area contributed by atoms with Gasteiger partial charge in [-0.15, -0.1) is 0 Å². The van der Waals surface area contributed by atoms with Gasteiger partial charge in [0.1, 0.15) is 5.75 Å². The number of aliphatic hydroxyl groups excluding tert-OH is 1. The lowest BCUT2D eigenvalue weighted by molar-refractivity contribution is -0.125. The van der Waals surface area contributed by atoms with Crippen LogP contribution in [0.15, 0.2) is 48.5 Å². The van der Waals surface area contributed by atoms with Crippen molar-refractivity contribution in [3.05, 3.63) is 64.7 Å². The molecule has 0 saturated carbocycles. The number of aryl methyl sites for hydroxylation is 1. The molecular formula is C20H23ClN2O3. The van der Waals surface area contributed by atoms with E-state index in [1.54, 1.807) is 12.1 Å². The molecule has 2 aromatic carbocycles. The number of fused-ring (bicyclic) bond motifs is 1. The van der Waals surface area contributed by atoms with Crippen molar-refractivity contribution in [3.63, 3.8) is 0 Å². The van der Waals surface area contributed by atoms with Crippen molar-refractivity contribution in [1.82, 2.24) is 5.32 Å². The second-order valence-electron chi connectivity index (χ2n) is 6.57. The van der Waals surface area contributed by atoms with Crippen LogP contribution in [0, 0.1) is 0 Å². The molecule has 0 fully saturated rings. The normalized spacial score (nSPS) is 20.1. The first kappa shape index (κ1) is 18.7. The highest BCUT2D eigenvalue weighted by atomic mass is 35.5. The summed E-state index contributed by atoms with van der Waals surface area (Å²) < 4.78 is 5.66. The minimum absolute atomic E-state index is 0.152. The van der Waals surface area contributed by atoms with Gasteiger partial charge in [-0.3, -0.25) is 4.79 Å². The number of primary amides is 1. The Morgan fingerprint density at radius 2 is 2.08 bits per heavy atom. The zero-order valence-electron chi connectivity index (χ0n) is 14.4. The lowest BCUT2D eigenvalue weighted by atomic mass is 9.95. The van der Waals surface area contributed by atoms with Crippen molar-refractivity contribution in [2.24, 2.45) is 5.73 Å². The average molecular weight is 375 g/mol. The topological polar surface area (TPSA) is 84.6 Å². The molecule has 1 heterocycles. The van der Waals surface area contributed by atoms with E-state index in [4.69, 9.17) is 22.1 Å². The Bertz CT molecular complexity index is 754. The van der Waals surface area contributed by atoms with Crippen molar-refractivity contribution in [1.29, 1.82) is 0 Å². The molecule has 0 bridgehead atoms. The lowest BCUT2D eigenvalue weighted by Gasteiger charge is -2.32. The first-order chi connectivity index (χ1) is 12.5. The molecule has 0 aromatic heterocycles. The van der Waals surface area contributed by atoms with E-state index in [0.29, 0.717) is 30.2 Å². The van der Waals surface area contributed by atoms with Crippen LogP contribution in [0.3, 0.4) is 0 Å². The van der Waals surface area contributed by atoms with Crippen molar-refractivity contribution < 1.29 is 14.6 Å². The molecule has 0 spiro atoms. The van der Waals surface area contributed by atoms with Crippen LogP contribution in [0.5, 0.6) is 5.75 Å². The summed E-state index contributed by atoms with van der Waals surface area (Å²) in [4.78, 5) is 11.6. The van der Waals surface area contributed by atoms with Gasteiger partial charge in [0.05, 0.1) is 6.10 Å². The fourth-order valence-corrected chi connectivity index (χ4v) is 3.35. The fourth-order valence-electron chi connectivity index (χ4n) is 3.17. The number of rotatable bonds is 7. The predicted molar refractivity (Wildman–Crippen MR) is 101 cm³/mol. The number of nitrogens with one attached hydrogen (secondary N) is 1. The van der Waals surface area contributed by atoms with E-state index in [1.165, 1.54) is 5.56 Å². The van der Waals surface area contributed by atoms with Gasteiger partial charge < -0.3 is 20.9 Å². The van der Waals surface area contributed by atoms with Crippen molar-refractivity contribution in [3.8, 4) is 5.75 Å². The van der Waals surface area contributed by atoms with Crippen LogP contribution >= 0.6 is 11.6 Å². The van der Waals surface area contributed by atoms with Crippen molar-refractivity contribution in [2.75, 3.05) is 6.54 Å². The van der Waals surface area contributed by atoms with Gasteiger partial charge in [0.2, 0.25) is 0 Å². The summed E-state index contributed by atoms with van der Waals surface area (Å²) in [5, 5.41) is 14.2. The number of benzene rings is 2. The van der Waals surface area contributed by atoms with Gasteiger partial charge in [-0.25, -0.2) is 0 Å². The van der Waals surface area contributed by atoms with Crippen LogP contribution in [-0.4, -0.2) is 29.8 Å². The molecular weight excluding hydrogens is 352 g/mol. The predicted octanol–water partition coefficient (Wildman–Crippen LogP) is 2.60. The number of amides is 1. The second-order valence-corrected chi connectivity index (χ2v) is 7.00. The Kier molecular flexibility index (Phi) is 6.14. The molecule has 1 aliphatic heterocycles. The van der Waals surface area contributed by atoms with E-state index < -0.39 is 18.1 Å². The van der Waals surface area contributed by atoms with E-state index in [2.05, 4.69) is 5.32 Å². The molecule has 2 aromatic rings. The summed E-state index contributed by atoms with van der Waals surface area (Å²) >= 11 is 6.10. The number of aliphatic hydroxyl groups is 1. The number of carbonyl (C=O) groups excluding carboxylic acids is 1. The minimum Gasteiger partial charge on any atom is -0.480 e. The van der Waals surface area contributed by atoms with Gasteiger partial charge in [-0.1, -0.05) is 41.9 Å². The highest BCUT2D eigenvalue weighted by molar-refractivity contribution is 6.30. The number of hydrogen-bond donors (Lipinski definition) is 3. The summed E-state index contributed by atoms with van der Waals surface area (Å²) in [5.74, 6) is 0.0998. The second kappa shape index (κ2) is 8.54. The molecule has 0 radical (unpaired) electrons. The van der Waals surface area contributed by atoms with E-state index in [9.17, 15) is 9.90 Å². The number of halogens is 1. The maximum absolute atomic E-state index is 11.6. The lowest BCUT2D eigenvalue weighted by Crippen LogP contribution is -2.42. The molecule has 4 N–H and O–H groups in total. The molecule has 3 rings (SSSR count). The molecule has 26 heavy (non-hydrogen) atoms. The Morgan fingerprint density at radius 1 is 1.31 bits per heavy atom. The summed E-state index contributed by atoms with van der Waals surface area (Å²) in [6.45, 7) is 0.412. The first-order valence-electron chi connectivity index (χ1n) is 8.73. The van der Waals surface area contributed by atoms with Gasteiger partial charge in [-0.05, 0) is 36.6 Å². The van der Waals surface area contributed by atoms with Crippen molar-refractivity contribution in [2.45, 2.75) is 37.5 Å². The molecule has 1 amide bonds. The van der Waals surface area contributed by atoms with E-state index >= 15 is 0 Å². The average Bonchev–Trinajstić information content (AvgIpc) is 2.65. The number of ether oxygens (including phenoxy) is 1.